The fourth-order valence-corrected chi connectivity index (χ4v) is 3.99. The van der Waals surface area contributed by atoms with Crippen LogP contribution in [-0.4, -0.2) is 16.1 Å². The van der Waals surface area contributed by atoms with Crippen LogP contribution in [0.15, 0.2) is 5.38 Å². The number of nitrogens with zero attached hydrogens (tertiary/aromatic N) is 1. The van der Waals surface area contributed by atoms with Crippen LogP contribution in [0.2, 0.25) is 0 Å². The van der Waals surface area contributed by atoms with Crippen LogP contribution in [0, 0.1) is 11.3 Å². The van der Waals surface area contributed by atoms with E-state index >= 15 is 0 Å². The number of hydrogen-bond acceptors (Lipinski definition) is 4. The van der Waals surface area contributed by atoms with Gasteiger partial charge >= 0.3 is 5.97 Å². The number of carbonyl (C=O) groups is 1. The first-order chi connectivity index (χ1) is 9.29. The molecule has 112 valence electrons. The summed E-state index contributed by atoms with van der Waals surface area (Å²) in [5.74, 6) is 0.242. The molecule has 1 aromatic rings. The number of rotatable bonds is 3. The van der Waals surface area contributed by atoms with Crippen molar-refractivity contribution >= 4 is 17.3 Å². The van der Waals surface area contributed by atoms with Crippen molar-refractivity contribution in [2.24, 2.45) is 17.1 Å². The van der Waals surface area contributed by atoms with Crippen LogP contribution >= 0.6 is 11.3 Å². The van der Waals surface area contributed by atoms with Crippen LogP contribution < -0.4 is 5.73 Å². The molecule has 20 heavy (non-hydrogen) atoms. The zero-order valence-electron chi connectivity index (χ0n) is 12.4. The summed E-state index contributed by atoms with van der Waals surface area (Å²) in [7, 11) is 0. The average Bonchev–Trinajstić information content (AvgIpc) is 2.86. The van der Waals surface area contributed by atoms with Crippen molar-refractivity contribution in [1.82, 2.24) is 4.98 Å². The maximum absolute atomic E-state index is 10.9. The molecule has 0 radical (unpaired) electrons. The Morgan fingerprint density at radius 1 is 1.40 bits per heavy atom. The number of carboxylic acid groups (broad SMARTS) is 1. The Bertz CT molecular complexity index is 470. The Hall–Kier alpha value is -0.940. The molecule has 0 aliphatic heterocycles. The minimum absolute atomic E-state index is 0.380. The van der Waals surface area contributed by atoms with Gasteiger partial charge in [0.1, 0.15) is 6.04 Å². The van der Waals surface area contributed by atoms with E-state index in [1.165, 1.54) is 12.8 Å². The van der Waals surface area contributed by atoms with E-state index in [1.54, 1.807) is 16.7 Å². The number of aliphatic carboxylic acids is 1. The molecule has 1 aromatic heterocycles. The van der Waals surface area contributed by atoms with Crippen molar-refractivity contribution in [3.63, 3.8) is 0 Å². The largest absolute Gasteiger partial charge is 0.480 e. The van der Waals surface area contributed by atoms with Gasteiger partial charge in [-0.3, -0.25) is 4.79 Å². The van der Waals surface area contributed by atoms with E-state index in [4.69, 9.17) is 10.8 Å². The van der Waals surface area contributed by atoms with Crippen LogP contribution in [0.5, 0.6) is 0 Å². The van der Waals surface area contributed by atoms with E-state index < -0.39 is 12.0 Å². The predicted molar refractivity (Wildman–Crippen MR) is 80.8 cm³/mol. The number of aromatic nitrogens is 1. The molecule has 1 atom stereocenters. The Morgan fingerprint density at radius 3 is 2.50 bits per heavy atom. The van der Waals surface area contributed by atoms with Crippen molar-refractivity contribution in [3.8, 4) is 0 Å². The topological polar surface area (TPSA) is 76.2 Å². The molecule has 1 aliphatic rings. The number of hydrogen-bond donors (Lipinski definition) is 2. The molecular weight excluding hydrogens is 272 g/mol. The van der Waals surface area contributed by atoms with Crippen molar-refractivity contribution in [2.75, 3.05) is 0 Å². The van der Waals surface area contributed by atoms with Gasteiger partial charge in [-0.2, -0.15) is 0 Å². The molecule has 0 amide bonds. The summed E-state index contributed by atoms with van der Waals surface area (Å²) in [5.41, 5.74) is 6.48. The maximum Gasteiger partial charge on any atom is 0.326 e. The van der Waals surface area contributed by atoms with Gasteiger partial charge in [-0.1, -0.05) is 20.8 Å². The first-order valence-corrected chi connectivity index (χ1v) is 8.10. The summed E-state index contributed by atoms with van der Waals surface area (Å²) < 4.78 is 0. The zero-order valence-corrected chi connectivity index (χ0v) is 13.2. The second kappa shape index (κ2) is 5.82. The van der Waals surface area contributed by atoms with E-state index in [1.807, 2.05) is 0 Å². The molecule has 2 rings (SSSR count). The van der Waals surface area contributed by atoms with E-state index in [9.17, 15) is 4.79 Å². The molecule has 1 unspecified atom stereocenters. The summed E-state index contributed by atoms with van der Waals surface area (Å²) in [6, 6.07) is -0.995. The average molecular weight is 296 g/mol. The normalized spacial score (nSPS) is 25.4. The van der Waals surface area contributed by atoms with Gasteiger partial charge in [0.15, 0.2) is 0 Å². The van der Waals surface area contributed by atoms with Crippen LogP contribution in [0.3, 0.4) is 0 Å². The molecular formula is C15H24N2O2S. The molecule has 1 fully saturated rings. The van der Waals surface area contributed by atoms with Crippen LogP contribution in [0.25, 0.3) is 0 Å². The Balaban J connectivity index is 1.99. The molecule has 1 heterocycles. The molecule has 1 saturated carbocycles. The second-order valence-electron chi connectivity index (χ2n) is 6.84. The molecule has 0 aromatic carbocycles. The van der Waals surface area contributed by atoms with Gasteiger partial charge in [0.05, 0.1) is 10.7 Å². The van der Waals surface area contributed by atoms with Crippen LogP contribution in [-0.2, 0) is 4.79 Å². The lowest BCUT2D eigenvalue weighted by Crippen LogP contribution is -2.25. The lowest BCUT2D eigenvalue weighted by molar-refractivity contribution is -0.138. The first kappa shape index (κ1) is 15.4. The van der Waals surface area contributed by atoms with Crippen molar-refractivity contribution in [3.05, 3.63) is 16.1 Å². The SMILES string of the molecule is CC(C)(C)C1CCC(c2nc(C(N)C(=O)O)cs2)CC1. The van der Waals surface area contributed by atoms with E-state index in [0.29, 0.717) is 17.0 Å². The molecule has 0 bridgehead atoms. The zero-order chi connectivity index (χ0) is 14.9. The highest BCUT2D eigenvalue weighted by Gasteiger charge is 2.31. The standard InChI is InChI=1S/C15H24N2O2S/c1-15(2,3)10-6-4-9(5-7-10)13-17-11(8-20-13)12(16)14(18)19/h8-10,12H,4-7,16H2,1-3H3,(H,18,19). The fraction of sp³-hybridized carbons (Fsp3) is 0.733. The number of thiazole rings is 1. The lowest BCUT2D eigenvalue weighted by Gasteiger charge is -2.36. The van der Waals surface area contributed by atoms with Crippen molar-refractivity contribution in [1.29, 1.82) is 0 Å². The first-order valence-electron chi connectivity index (χ1n) is 7.22. The minimum Gasteiger partial charge on any atom is -0.480 e. The van der Waals surface area contributed by atoms with Crippen LogP contribution in [0.1, 0.15) is 69.1 Å². The summed E-state index contributed by atoms with van der Waals surface area (Å²) in [6.45, 7) is 6.93. The summed E-state index contributed by atoms with van der Waals surface area (Å²) in [6.07, 6.45) is 4.76. The Morgan fingerprint density at radius 2 is 2.00 bits per heavy atom. The highest BCUT2D eigenvalue weighted by atomic mass is 32.1. The highest BCUT2D eigenvalue weighted by Crippen LogP contribution is 2.43. The number of carboxylic acids is 1. The lowest BCUT2D eigenvalue weighted by atomic mass is 9.70. The minimum atomic E-state index is -1.02. The molecule has 0 saturated heterocycles. The van der Waals surface area contributed by atoms with Gasteiger partial charge < -0.3 is 10.8 Å². The monoisotopic (exact) mass is 296 g/mol. The van der Waals surface area contributed by atoms with Gasteiger partial charge in [-0.05, 0) is 37.0 Å². The van der Waals surface area contributed by atoms with Gasteiger partial charge in [0, 0.05) is 11.3 Å². The fourth-order valence-electron chi connectivity index (χ4n) is 2.96. The number of nitrogens with two attached hydrogens (primary N) is 1. The molecule has 0 spiro atoms. The second-order valence-corrected chi connectivity index (χ2v) is 7.73. The van der Waals surface area contributed by atoms with Crippen molar-refractivity contribution in [2.45, 2.75) is 58.4 Å². The molecule has 3 N–H and O–H groups in total. The summed E-state index contributed by atoms with van der Waals surface area (Å²) in [4.78, 5) is 15.3. The summed E-state index contributed by atoms with van der Waals surface area (Å²) in [5, 5.41) is 11.8. The Kier molecular flexibility index (Phi) is 4.49. The van der Waals surface area contributed by atoms with Crippen LogP contribution in [0.4, 0.5) is 0 Å². The predicted octanol–water partition coefficient (Wildman–Crippen LogP) is 3.55. The quantitative estimate of drug-likeness (QED) is 0.894. The van der Waals surface area contributed by atoms with E-state index in [-0.39, 0.29) is 0 Å². The smallest absolute Gasteiger partial charge is 0.326 e. The molecule has 4 nitrogen and oxygen atoms in total. The van der Waals surface area contributed by atoms with E-state index in [0.717, 1.165) is 23.8 Å². The van der Waals surface area contributed by atoms with E-state index in [2.05, 4.69) is 25.8 Å². The van der Waals surface area contributed by atoms with Gasteiger partial charge in [0.2, 0.25) is 0 Å². The third kappa shape index (κ3) is 3.38. The molecule has 5 heteroatoms. The van der Waals surface area contributed by atoms with Gasteiger partial charge in [0.25, 0.3) is 0 Å². The third-order valence-electron chi connectivity index (χ3n) is 4.43. The maximum atomic E-state index is 10.9. The third-order valence-corrected chi connectivity index (χ3v) is 5.45. The highest BCUT2D eigenvalue weighted by molar-refractivity contribution is 7.09. The molecule has 1 aliphatic carbocycles. The Labute approximate surface area is 124 Å². The van der Waals surface area contributed by atoms with Crippen molar-refractivity contribution < 1.29 is 9.90 Å². The van der Waals surface area contributed by atoms with Gasteiger partial charge in [-0.15, -0.1) is 11.3 Å². The van der Waals surface area contributed by atoms with Gasteiger partial charge in [-0.25, -0.2) is 4.98 Å². The summed E-state index contributed by atoms with van der Waals surface area (Å²) >= 11 is 1.56.